The molecule has 0 radical (unpaired) electrons. The third kappa shape index (κ3) is 3.25. The van der Waals surface area contributed by atoms with Crippen LogP contribution >= 0.6 is 0 Å². The van der Waals surface area contributed by atoms with E-state index >= 15 is 0 Å². The maximum absolute atomic E-state index is 12.1. The molecule has 1 heterocycles. The Morgan fingerprint density at radius 1 is 1.48 bits per heavy atom. The number of anilines is 2. The number of hydrogen-bond acceptors (Lipinski definition) is 5. The Kier molecular flexibility index (Phi) is 4.64. The van der Waals surface area contributed by atoms with E-state index in [1.54, 1.807) is 12.1 Å². The van der Waals surface area contributed by atoms with Crippen LogP contribution in [0.25, 0.3) is 0 Å². The largest absolute Gasteiger partial charge is 0.397 e. The molecule has 1 aromatic carbocycles. The van der Waals surface area contributed by atoms with Crippen molar-refractivity contribution in [1.29, 1.82) is 0 Å². The third-order valence-corrected chi connectivity index (χ3v) is 3.40. The van der Waals surface area contributed by atoms with Gasteiger partial charge in [-0.1, -0.05) is 0 Å². The average Bonchev–Trinajstić information content (AvgIpc) is 2.47. The molecule has 21 heavy (non-hydrogen) atoms. The van der Waals surface area contributed by atoms with Crippen molar-refractivity contribution >= 4 is 23.2 Å². The highest BCUT2D eigenvalue weighted by molar-refractivity contribution is 5.95. The molecular formula is C14H20N4O3. The molecule has 114 valence electrons. The van der Waals surface area contributed by atoms with Gasteiger partial charge in [-0.25, -0.2) is 0 Å². The molecule has 0 spiro atoms. The van der Waals surface area contributed by atoms with E-state index in [0.29, 0.717) is 43.2 Å². The number of hydrogen-bond donors (Lipinski definition) is 3. The number of nitrogens with one attached hydrogen (secondary N) is 1. The number of carbonyl (C=O) groups is 2. The molecule has 1 aromatic rings. The van der Waals surface area contributed by atoms with E-state index in [0.717, 1.165) is 0 Å². The van der Waals surface area contributed by atoms with Gasteiger partial charge in [-0.2, -0.15) is 0 Å². The summed E-state index contributed by atoms with van der Waals surface area (Å²) in [7, 11) is 0. The van der Waals surface area contributed by atoms with Gasteiger partial charge in [0.25, 0.3) is 0 Å². The number of likely N-dealkylation sites (N-methyl/N-ethyl adjacent to an activating group) is 1. The Balaban J connectivity index is 2.29. The Hall–Kier alpha value is -2.28. The third-order valence-electron chi connectivity index (χ3n) is 3.40. The van der Waals surface area contributed by atoms with Crippen molar-refractivity contribution in [1.82, 2.24) is 5.32 Å². The van der Waals surface area contributed by atoms with E-state index in [9.17, 15) is 9.59 Å². The SMILES string of the molecule is CCNC(=O)C1COCCN1c1ccc(C(N)=O)cc1N. The fraction of sp³-hybridized carbons (Fsp3) is 0.429. The number of ether oxygens (including phenoxy) is 1. The van der Waals surface area contributed by atoms with Crippen LogP contribution in [0.15, 0.2) is 18.2 Å². The number of nitrogens with zero attached hydrogens (tertiary/aromatic N) is 1. The molecule has 7 heteroatoms. The summed E-state index contributed by atoms with van der Waals surface area (Å²) in [6.07, 6.45) is 0. The highest BCUT2D eigenvalue weighted by Crippen LogP contribution is 2.27. The lowest BCUT2D eigenvalue weighted by Gasteiger charge is -2.37. The molecule has 1 atom stereocenters. The molecule has 2 rings (SSSR count). The minimum Gasteiger partial charge on any atom is -0.397 e. The van der Waals surface area contributed by atoms with Crippen molar-refractivity contribution in [3.63, 3.8) is 0 Å². The number of morpholine rings is 1. The fourth-order valence-corrected chi connectivity index (χ4v) is 2.37. The second-order valence-corrected chi connectivity index (χ2v) is 4.82. The first kappa shape index (κ1) is 15.1. The second kappa shape index (κ2) is 6.45. The van der Waals surface area contributed by atoms with Crippen LogP contribution in [0.1, 0.15) is 17.3 Å². The lowest BCUT2D eigenvalue weighted by Crippen LogP contribution is -2.54. The number of amides is 2. The first-order valence-electron chi connectivity index (χ1n) is 6.86. The lowest BCUT2D eigenvalue weighted by atomic mass is 10.1. The van der Waals surface area contributed by atoms with Crippen LogP contribution in [0.3, 0.4) is 0 Å². The normalized spacial score (nSPS) is 18.3. The molecule has 2 amide bonds. The number of nitrogen functional groups attached to an aromatic ring is 1. The van der Waals surface area contributed by atoms with Gasteiger partial charge >= 0.3 is 0 Å². The van der Waals surface area contributed by atoms with Gasteiger partial charge in [0.05, 0.1) is 24.6 Å². The molecule has 1 aliphatic heterocycles. The maximum Gasteiger partial charge on any atom is 0.248 e. The smallest absolute Gasteiger partial charge is 0.248 e. The van der Waals surface area contributed by atoms with Gasteiger partial charge in [0, 0.05) is 18.7 Å². The van der Waals surface area contributed by atoms with Crippen molar-refractivity contribution in [3.05, 3.63) is 23.8 Å². The number of carbonyl (C=O) groups excluding carboxylic acids is 2. The second-order valence-electron chi connectivity index (χ2n) is 4.82. The highest BCUT2D eigenvalue weighted by atomic mass is 16.5. The number of rotatable bonds is 4. The molecular weight excluding hydrogens is 272 g/mol. The van der Waals surface area contributed by atoms with Crippen LogP contribution in [-0.2, 0) is 9.53 Å². The van der Waals surface area contributed by atoms with Gasteiger partial charge in [-0.15, -0.1) is 0 Å². The summed E-state index contributed by atoms with van der Waals surface area (Å²) in [6.45, 7) is 3.80. The van der Waals surface area contributed by atoms with E-state index in [1.165, 1.54) is 6.07 Å². The van der Waals surface area contributed by atoms with Crippen LogP contribution in [-0.4, -0.2) is 44.2 Å². The first-order valence-corrected chi connectivity index (χ1v) is 6.86. The summed E-state index contributed by atoms with van der Waals surface area (Å²) < 4.78 is 5.39. The maximum atomic E-state index is 12.1. The van der Waals surface area contributed by atoms with Gasteiger partial charge < -0.3 is 26.4 Å². The van der Waals surface area contributed by atoms with Crippen LogP contribution in [0.2, 0.25) is 0 Å². The van der Waals surface area contributed by atoms with Gasteiger partial charge in [0.2, 0.25) is 11.8 Å². The summed E-state index contributed by atoms with van der Waals surface area (Å²) in [5.41, 5.74) is 12.7. The van der Waals surface area contributed by atoms with Crippen LogP contribution in [0.4, 0.5) is 11.4 Å². The summed E-state index contributed by atoms with van der Waals surface area (Å²) in [6, 6.07) is 4.42. The quantitative estimate of drug-likeness (QED) is 0.660. The van der Waals surface area contributed by atoms with E-state index in [-0.39, 0.29) is 5.91 Å². The molecule has 7 nitrogen and oxygen atoms in total. The monoisotopic (exact) mass is 292 g/mol. The Labute approximate surface area is 123 Å². The predicted molar refractivity (Wildman–Crippen MR) is 80.0 cm³/mol. The highest BCUT2D eigenvalue weighted by Gasteiger charge is 2.30. The molecule has 1 aliphatic rings. The Morgan fingerprint density at radius 2 is 2.24 bits per heavy atom. The number of benzene rings is 1. The molecule has 1 saturated heterocycles. The fourth-order valence-electron chi connectivity index (χ4n) is 2.37. The summed E-state index contributed by atoms with van der Waals surface area (Å²) in [5, 5.41) is 2.79. The van der Waals surface area contributed by atoms with Gasteiger partial charge in [-0.05, 0) is 25.1 Å². The van der Waals surface area contributed by atoms with Crippen molar-refractivity contribution in [2.75, 3.05) is 36.9 Å². The van der Waals surface area contributed by atoms with Gasteiger partial charge in [-0.3, -0.25) is 9.59 Å². The van der Waals surface area contributed by atoms with Gasteiger partial charge in [0.1, 0.15) is 6.04 Å². The summed E-state index contributed by atoms with van der Waals surface area (Å²) in [5.74, 6) is -0.633. The minimum absolute atomic E-state index is 0.101. The molecule has 1 unspecified atom stereocenters. The van der Waals surface area contributed by atoms with Crippen LogP contribution < -0.4 is 21.7 Å². The Morgan fingerprint density at radius 3 is 2.86 bits per heavy atom. The standard InChI is InChI=1S/C14H20N4O3/c1-2-17-14(20)12-8-21-6-5-18(12)11-4-3-9(13(16)19)7-10(11)15/h3-4,7,12H,2,5-6,8,15H2,1H3,(H2,16,19)(H,17,20). The molecule has 0 bridgehead atoms. The molecule has 0 saturated carbocycles. The van der Waals surface area contributed by atoms with Crippen molar-refractivity contribution in [3.8, 4) is 0 Å². The van der Waals surface area contributed by atoms with E-state index in [2.05, 4.69) is 5.32 Å². The molecule has 0 aliphatic carbocycles. The first-order chi connectivity index (χ1) is 10.0. The number of primary amides is 1. The average molecular weight is 292 g/mol. The zero-order valence-electron chi connectivity index (χ0n) is 12.0. The van der Waals surface area contributed by atoms with Gasteiger partial charge in [0.15, 0.2) is 0 Å². The zero-order valence-corrected chi connectivity index (χ0v) is 12.0. The summed E-state index contributed by atoms with van der Waals surface area (Å²) in [4.78, 5) is 25.2. The van der Waals surface area contributed by atoms with Crippen molar-refractivity contribution < 1.29 is 14.3 Å². The van der Waals surface area contributed by atoms with Crippen molar-refractivity contribution in [2.24, 2.45) is 5.73 Å². The van der Waals surface area contributed by atoms with Crippen LogP contribution in [0, 0.1) is 0 Å². The molecule has 5 N–H and O–H groups in total. The summed E-state index contributed by atoms with van der Waals surface area (Å²) >= 11 is 0. The van der Waals surface area contributed by atoms with Crippen LogP contribution in [0.5, 0.6) is 0 Å². The lowest BCUT2D eigenvalue weighted by molar-refractivity contribution is -0.124. The van der Waals surface area contributed by atoms with E-state index in [4.69, 9.17) is 16.2 Å². The predicted octanol–water partition coefficient (Wildman–Crippen LogP) is -0.291. The minimum atomic E-state index is -0.532. The Bertz CT molecular complexity index is 547. The van der Waals surface area contributed by atoms with E-state index in [1.807, 2.05) is 11.8 Å². The zero-order chi connectivity index (χ0) is 15.4. The number of nitrogens with two attached hydrogens (primary N) is 2. The van der Waals surface area contributed by atoms with E-state index < -0.39 is 11.9 Å². The topological polar surface area (TPSA) is 111 Å². The molecule has 0 aromatic heterocycles. The van der Waals surface area contributed by atoms with Crippen molar-refractivity contribution in [2.45, 2.75) is 13.0 Å². The molecule has 1 fully saturated rings.